The topological polar surface area (TPSA) is 78.9 Å². The Bertz CT molecular complexity index is 446. The van der Waals surface area contributed by atoms with Crippen molar-refractivity contribution in [2.24, 2.45) is 0 Å². The van der Waals surface area contributed by atoms with Crippen molar-refractivity contribution in [1.82, 2.24) is 5.32 Å². The monoisotopic (exact) mass is 266 g/mol. The van der Waals surface area contributed by atoms with Gasteiger partial charge in [-0.05, 0) is 12.1 Å². The summed E-state index contributed by atoms with van der Waals surface area (Å²) in [6, 6.07) is 7.50. The highest BCUT2D eigenvalue weighted by atomic mass is 16.5. The number of anilines is 1. The zero-order chi connectivity index (χ0) is 14.3. The van der Waals surface area contributed by atoms with E-state index in [4.69, 9.17) is 9.84 Å². The lowest BCUT2D eigenvalue weighted by Gasteiger charge is -2.14. The van der Waals surface area contributed by atoms with E-state index in [-0.39, 0.29) is 25.5 Å². The smallest absolute Gasteiger partial charge is 0.322 e. The minimum atomic E-state index is -1.06. The molecular formula is C13H18N2O4. The molecule has 6 nitrogen and oxygen atoms in total. The van der Waals surface area contributed by atoms with Crippen molar-refractivity contribution in [2.45, 2.75) is 6.42 Å². The molecule has 104 valence electrons. The van der Waals surface area contributed by atoms with E-state index in [1.54, 1.807) is 0 Å². The van der Waals surface area contributed by atoms with E-state index in [0.717, 1.165) is 5.69 Å². The van der Waals surface area contributed by atoms with Gasteiger partial charge in [-0.25, -0.2) is 0 Å². The molecule has 0 unspecified atom stereocenters. The van der Waals surface area contributed by atoms with Crippen molar-refractivity contribution in [3.63, 3.8) is 0 Å². The lowest BCUT2D eigenvalue weighted by Crippen LogP contribution is -2.30. The molecule has 0 saturated heterocycles. The highest BCUT2D eigenvalue weighted by Crippen LogP contribution is 2.19. The Hall–Kier alpha value is -2.24. The molecule has 1 rings (SSSR count). The van der Waals surface area contributed by atoms with Crippen LogP contribution in [0.1, 0.15) is 6.42 Å². The first kappa shape index (κ1) is 14.8. The summed E-state index contributed by atoms with van der Waals surface area (Å²) in [5.74, 6) is -0.726. The van der Waals surface area contributed by atoms with Gasteiger partial charge < -0.3 is 20.1 Å². The molecule has 0 bridgehead atoms. The van der Waals surface area contributed by atoms with Crippen molar-refractivity contribution in [2.75, 3.05) is 32.1 Å². The van der Waals surface area contributed by atoms with Crippen molar-refractivity contribution in [3.8, 4) is 5.75 Å². The van der Waals surface area contributed by atoms with Crippen LogP contribution in [0.4, 0.5) is 5.69 Å². The molecule has 6 heteroatoms. The summed E-state index contributed by atoms with van der Waals surface area (Å²) in [5, 5.41) is 10.7. The molecule has 0 aliphatic heterocycles. The first-order chi connectivity index (χ1) is 8.99. The van der Waals surface area contributed by atoms with Crippen LogP contribution in [-0.2, 0) is 9.59 Å². The summed E-state index contributed by atoms with van der Waals surface area (Å²) in [5.41, 5.74) is 1.01. The van der Waals surface area contributed by atoms with Gasteiger partial charge in [-0.1, -0.05) is 6.07 Å². The second-order valence-electron chi connectivity index (χ2n) is 4.16. The van der Waals surface area contributed by atoms with Crippen LogP contribution in [0.5, 0.6) is 5.75 Å². The number of amides is 1. The van der Waals surface area contributed by atoms with Crippen LogP contribution in [0.25, 0.3) is 0 Å². The zero-order valence-corrected chi connectivity index (χ0v) is 11.0. The Kier molecular flexibility index (Phi) is 5.66. The number of hydrogen-bond donors (Lipinski definition) is 2. The summed E-state index contributed by atoms with van der Waals surface area (Å²) >= 11 is 0. The maximum atomic E-state index is 11.3. The van der Waals surface area contributed by atoms with Gasteiger partial charge in [0.25, 0.3) is 0 Å². The van der Waals surface area contributed by atoms with E-state index in [0.29, 0.717) is 5.75 Å². The normalized spacial score (nSPS) is 9.79. The van der Waals surface area contributed by atoms with E-state index >= 15 is 0 Å². The SMILES string of the molecule is CN(C)c1cccc(OCCC(=O)NCC(=O)O)c1. The molecule has 0 spiro atoms. The molecule has 0 fully saturated rings. The quantitative estimate of drug-likeness (QED) is 0.760. The second-order valence-corrected chi connectivity index (χ2v) is 4.16. The summed E-state index contributed by atoms with van der Waals surface area (Å²) in [6.45, 7) is -0.155. The van der Waals surface area contributed by atoms with Gasteiger partial charge in [-0.15, -0.1) is 0 Å². The van der Waals surface area contributed by atoms with E-state index in [1.807, 2.05) is 43.3 Å². The fourth-order valence-electron chi connectivity index (χ4n) is 1.38. The molecular weight excluding hydrogens is 248 g/mol. The van der Waals surface area contributed by atoms with Gasteiger partial charge in [-0.2, -0.15) is 0 Å². The lowest BCUT2D eigenvalue weighted by atomic mass is 10.3. The van der Waals surface area contributed by atoms with Crippen LogP contribution in [0, 0.1) is 0 Å². The lowest BCUT2D eigenvalue weighted by molar-refractivity contribution is -0.138. The summed E-state index contributed by atoms with van der Waals surface area (Å²) in [6.07, 6.45) is 0.124. The molecule has 1 aromatic rings. The van der Waals surface area contributed by atoms with Crippen LogP contribution in [0.3, 0.4) is 0 Å². The first-order valence-electron chi connectivity index (χ1n) is 5.87. The third kappa shape index (κ3) is 5.76. The van der Waals surface area contributed by atoms with E-state index < -0.39 is 5.97 Å². The number of nitrogens with zero attached hydrogens (tertiary/aromatic N) is 1. The molecule has 19 heavy (non-hydrogen) atoms. The van der Waals surface area contributed by atoms with Crippen molar-refractivity contribution < 1.29 is 19.4 Å². The highest BCUT2D eigenvalue weighted by Gasteiger charge is 2.04. The number of rotatable bonds is 7. The van der Waals surface area contributed by atoms with Gasteiger partial charge in [0.2, 0.25) is 5.91 Å². The molecule has 0 heterocycles. The van der Waals surface area contributed by atoms with E-state index in [2.05, 4.69) is 5.32 Å². The minimum Gasteiger partial charge on any atom is -0.493 e. The van der Waals surface area contributed by atoms with Crippen molar-refractivity contribution in [3.05, 3.63) is 24.3 Å². The van der Waals surface area contributed by atoms with Gasteiger partial charge >= 0.3 is 5.97 Å². The Morgan fingerprint density at radius 2 is 2.11 bits per heavy atom. The highest BCUT2D eigenvalue weighted by molar-refractivity contribution is 5.81. The predicted molar refractivity (Wildman–Crippen MR) is 71.5 cm³/mol. The standard InChI is InChI=1S/C13H18N2O4/c1-15(2)10-4-3-5-11(8-10)19-7-6-12(16)14-9-13(17)18/h3-5,8H,6-7,9H2,1-2H3,(H,14,16)(H,17,18). The molecule has 2 N–H and O–H groups in total. The molecule has 1 amide bonds. The number of aliphatic carboxylic acids is 1. The number of carbonyl (C=O) groups is 2. The minimum absolute atomic E-state index is 0.124. The Morgan fingerprint density at radius 3 is 2.74 bits per heavy atom. The Labute approximate surface area is 112 Å². The molecule has 0 aliphatic rings. The van der Waals surface area contributed by atoms with Gasteiger partial charge in [-0.3, -0.25) is 9.59 Å². The first-order valence-corrected chi connectivity index (χ1v) is 5.87. The summed E-state index contributed by atoms with van der Waals surface area (Å²) in [4.78, 5) is 23.5. The van der Waals surface area contributed by atoms with Crippen molar-refractivity contribution >= 4 is 17.6 Å². The zero-order valence-electron chi connectivity index (χ0n) is 11.0. The molecule has 0 radical (unpaired) electrons. The van der Waals surface area contributed by atoms with Gasteiger partial charge in [0, 0.05) is 25.8 Å². The summed E-state index contributed by atoms with van der Waals surface area (Å²) < 4.78 is 5.44. The molecule has 0 saturated carbocycles. The fraction of sp³-hybridized carbons (Fsp3) is 0.385. The number of benzene rings is 1. The van der Waals surface area contributed by atoms with Crippen LogP contribution < -0.4 is 15.0 Å². The third-order valence-electron chi connectivity index (χ3n) is 2.37. The molecule has 0 aromatic heterocycles. The second kappa shape index (κ2) is 7.25. The molecule has 1 aromatic carbocycles. The number of carboxylic acid groups (broad SMARTS) is 1. The van der Waals surface area contributed by atoms with Crippen molar-refractivity contribution in [1.29, 1.82) is 0 Å². The van der Waals surface area contributed by atoms with Crippen LogP contribution in [-0.4, -0.2) is 44.2 Å². The molecule has 0 atom stereocenters. The van der Waals surface area contributed by atoms with Gasteiger partial charge in [0.15, 0.2) is 0 Å². The van der Waals surface area contributed by atoms with Gasteiger partial charge in [0.1, 0.15) is 12.3 Å². The maximum Gasteiger partial charge on any atom is 0.322 e. The Balaban J connectivity index is 2.34. The van der Waals surface area contributed by atoms with E-state index in [9.17, 15) is 9.59 Å². The average Bonchev–Trinajstić information content (AvgIpc) is 2.36. The predicted octanol–water partition coefficient (Wildman–Crippen LogP) is 0.722. The van der Waals surface area contributed by atoms with E-state index in [1.165, 1.54) is 0 Å². The molecule has 0 aliphatic carbocycles. The van der Waals surface area contributed by atoms with Crippen LogP contribution in [0.15, 0.2) is 24.3 Å². The number of nitrogens with one attached hydrogen (secondary N) is 1. The fourth-order valence-corrected chi connectivity index (χ4v) is 1.38. The maximum absolute atomic E-state index is 11.3. The number of hydrogen-bond acceptors (Lipinski definition) is 4. The number of carboxylic acids is 1. The third-order valence-corrected chi connectivity index (χ3v) is 2.37. The summed E-state index contributed by atoms with van der Waals surface area (Å²) in [7, 11) is 3.86. The Morgan fingerprint density at radius 1 is 1.37 bits per heavy atom. The van der Waals surface area contributed by atoms with Crippen LogP contribution in [0.2, 0.25) is 0 Å². The number of carbonyl (C=O) groups excluding carboxylic acids is 1. The van der Waals surface area contributed by atoms with Gasteiger partial charge in [0.05, 0.1) is 13.0 Å². The van der Waals surface area contributed by atoms with Crippen LogP contribution >= 0.6 is 0 Å². The number of ether oxygens (including phenoxy) is 1. The largest absolute Gasteiger partial charge is 0.493 e. The average molecular weight is 266 g/mol.